The fourth-order valence-electron chi connectivity index (χ4n) is 5.34. The van der Waals surface area contributed by atoms with Crippen molar-refractivity contribution in [2.24, 2.45) is 5.92 Å². The molecule has 178 valence electrons. The molecule has 2 atom stereocenters. The molecule has 1 aliphatic carbocycles. The topological polar surface area (TPSA) is 110 Å². The largest absolute Gasteiger partial charge is 0.377 e. The lowest BCUT2D eigenvalue weighted by atomic mass is 10.1. The molecule has 35 heavy (non-hydrogen) atoms. The Balaban J connectivity index is 1.29. The van der Waals surface area contributed by atoms with Crippen LogP contribution in [0, 0.1) is 5.92 Å². The molecule has 10 heteroatoms. The van der Waals surface area contributed by atoms with E-state index in [-0.39, 0.29) is 11.8 Å². The van der Waals surface area contributed by atoms with E-state index in [1.165, 1.54) is 0 Å². The van der Waals surface area contributed by atoms with Gasteiger partial charge in [-0.1, -0.05) is 0 Å². The van der Waals surface area contributed by atoms with Gasteiger partial charge in [0.2, 0.25) is 5.91 Å². The van der Waals surface area contributed by atoms with Gasteiger partial charge in [0.15, 0.2) is 11.5 Å². The van der Waals surface area contributed by atoms with Gasteiger partial charge in [-0.25, -0.2) is 19.5 Å². The lowest BCUT2D eigenvalue weighted by Crippen LogP contribution is -2.46. The van der Waals surface area contributed by atoms with Crippen LogP contribution in [-0.4, -0.2) is 62.8 Å². The number of hydrogen-bond donors (Lipinski definition) is 2. The number of carbonyl (C=O) groups excluding carboxylic acids is 1. The highest BCUT2D eigenvalue weighted by Gasteiger charge is 2.37. The molecule has 10 nitrogen and oxygen atoms in total. The van der Waals surface area contributed by atoms with Gasteiger partial charge in [-0.15, -0.1) is 5.10 Å². The van der Waals surface area contributed by atoms with E-state index in [2.05, 4.69) is 37.8 Å². The third-order valence-corrected chi connectivity index (χ3v) is 7.30. The van der Waals surface area contributed by atoms with Crippen molar-refractivity contribution in [3.8, 4) is 11.4 Å². The van der Waals surface area contributed by atoms with Gasteiger partial charge in [0.05, 0.1) is 37.2 Å². The molecule has 3 fully saturated rings. The van der Waals surface area contributed by atoms with Crippen LogP contribution in [0.2, 0.25) is 0 Å². The van der Waals surface area contributed by atoms with Gasteiger partial charge in [-0.2, -0.15) is 0 Å². The van der Waals surface area contributed by atoms with Crippen molar-refractivity contribution in [1.82, 2.24) is 24.6 Å². The molecular weight excluding hydrogens is 444 g/mol. The van der Waals surface area contributed by atoms with Crippen LogP contribution >= 0.6 is 0 Å². The number of aromatic nitrogens is 5. The molecule has 0 radical (unpaired) electrons. The average Bonchev–Trinajstić information content (AvgIpc) is 3.60. The zero-order valence-electron chi connectivity index (χ0n) is 19.4. The fraction of sp³-hybridized carbons (Fsp3) is 0.400. The van der Waals surface area contributed by atoms with E-state index < -0.39 is 0 Å². The van der Waals surface area contributed by atoms with E-state index >= 15 is 0 Å². The number of morpholine rings is 1. The van der Waals surface area contributed by atoms with E-state index in [1.54, 1.807) is 12.4 Å². The summed E-state index contributed by atoms with van der Waals surface area (Å²) >= 11 is 0. The zero-order valence-corrected chi connectivity index (χ0v) is 19.4. The summed E-state index contributed by atoms with van der Waals surface area (Å²) in [4.78, 5) is 28.6. The molecule has 3 aliphatic rings. The van der Waals surface area contributed by atoms with Crippen LogP contribution < -0.4 is 15.5 Å². The number of amides is 1. The standard InChI is InChI=1S/C25H26N8O2/c1-26-23-19-9-27-21(29-25(34)14-2-3-14)8-18(19)20(10-28-23)24-30-22-7-6-15(11-32(22)31-24)33-16-4-5-17(33)13-35-12-16/h6-11,14,16-17H,2-5,12-13H2,1H3,(H,26,28)(H,27,29,34). The number of rotatable bonds is 5. The summed E-state index contributed by atoms with van der Waals surface area (Å²) in [5.74, 6) is 1.95. The maximum atomic E-state index is 12.3. The Morgan fingerprint density at radius 1 is 1.06 bits per heavy atom. The van der Waals surface area contributed by atoms with Crippen LogP contribution in [0.25, 0.3) is 27.8 Å². The molecule has 2 bridgehead atoms. The monoisotopic (exact) mass is 470 g/mol. The van der Waals surface area contributed by atoms with Crippen molar-refractivity contribution in [2.75, 3.05) is 35.8 Å². The fourth-order valence-corrected chi connectivity index (χ4v) is 5.34. The van der Waals surface area contributed by atoms with Crippen molar-refractivity contribution in [2.45, 2.75) is 37.8 Å². The van der Waals surface area contributed by atoms with E-state index in [0.29, 0.717) is 29.5 Å². The molecule has 6 heterocycles. The minimum absolute atomic E-state index is 0.0248. The van der Waals surface area contributed by atoms with E-state index in [4.69, 9.17) is 14.8 Å². The maximum absolute atomic E-state index is 12.3. The van der Waals surface area contributed by atoms with Crippen molar-refractivity contribution in [3.63, 3.8) is 0 Å². The predicted octanol–water partition coefficient (Wildman–Crippen LogP) is 3.10. The Kier molecular flexibility index (Phi) is 4.63. The first-order valence-electron chi connectivity index (χ1n) is 12.2. The number of nitrogens with zero attached hydrogens (tertiary/aromatic N) is 6. The first-order valence-corrected chi connectivity index (χ1v) is 12.2. The molecule has 1 saturated carbocycles. The van der Waals surface area contributed by atoms with Crippen LogP contribution in [0.1, 0.15) is 25.7 Å². The number of ether oxygens (including phenoxy) is 1. The first-order chi connectivity index (χ1) is 17.2. The summed E-state index contributed by atoms with van der Waals surface area (Å²) in [7, 11) is 1.83. The highest BCUT2D eigenvalue weighted by Crippen LogP contribution is 2.35. The summed E-state index contributed by atoms with van der Waals surface area (Å²) in [5, 5.41) is 12.6. The second-order valence-corrected chi connectivity index (χ2v) is 9.60. The van der Waals surface area contributed by atoms with Gasteiger partial charge in [-0.05, 0) is 43.9 Å². The van der Waals surface area contributed by atoms with Gasteiger partial charge >= 0.3 is 0 Å². The Labute approximate surface area is 201 Å². The molecule has 2 unspecified atom stereocenters. The molecule has 2 saturated heterocycles. The minimum Gasteiger partial charge on any atom is -0.377 e. The maximum Gasteiger partial charge on any atom is 0.228 e. The van der Waals surface area contributed by atoms with Crippen molar-refractivity contribution >= 4 is 39.6 Å². The third-order valence-electron chi connectivity index (χ3n) is 7.30. The number of hydrogen-bond acceptors (Lipinski definition) is 8. The van der Waals surface area contributed by atoms with Gasteiger partial charge in [0.25, 0.3) is 0 Å². The molecule has 0 spiro atoms. The van der Waals surface area contributed by atoms with Crippen LogP contribution in [0.5, 0.6) is 0 Å². The quantitative estimate of drug-likeness (QED) is 0.458. The van der Waals surface area contributed by atoms with Crippen LogP contribution in [0.3, 0.4) is 0 Å². The van der Waals surface area contributed by atoms with Gasteiger partial charge < -0.3 is 20.3 Å². The summed E-state index contributed by atoms with van der Waals surface area (Å²) in [6, 6.07) is 6.87. The second-order valence-electron chi connectivity index (χ2n) is 9.60. The van der Waals surface area contributed by atoms with E-state index in [1.807, 2.05) is 23.7 Å². The van der Waals surface area contributed by atoms with Crippen molar-refractivity contribution in [1.29, 1.82) is 0 Å². The molecule has 1 amide bonds. The van der Waals surface area contributed by atoms with E-state index in [0.717, 1.165) is 66.6 Å². The summed E-state index contributed by atoms with van der Waals surface area (Å²) in [5.41, 5.74) is 2.71. The molecule has 7 rings (SSSR count). The summed E-state index contributed by atoms with van der Waals surface area (Å²) < 4.78 is 7.59. The van der Waals surface area contributed by atoms with Crippen LogP contribution in [0.4, 0.5) is 17.3 Å². The Morgan fingerprint density at radius 3 is 2.66 bits per heavy atom. The molecular formula is C25H26N8O2. The van der Waals surface area contributed by atoms with E-state index in [9.17, 15) is 4.79 Å². The highest BCUT2D eigenvalue weighted by molar-refractivity contribution is 6.03. The van der Waals surface area contributed by atoms with Crippen molar-refractivity contribution < 1.29 is 9.53 Å². The van der Waals surface area contributed by atoms with Gasteiger partial charge in [0, 0.05) is 41.7 Å². The summed E-state index contributed by atoms with van der Waals surface area (Å²) in [6.07, 6.45) is 9.78. The Morgan fingerprint density at radius 2 is 1.89 bits per heavy atom. The molecule has 4 aromatic heterocycles. The number of nitrogens with one attached hydrogen (secondary N) is 2. The Bertz CT molecular complexity index is 1450. The lowest BCUT2D eigenvalue weighted by Gasteiger charge is -2.36. The average molecular weight is 471 g/mol. The molecule has 0 aromatic carbocycles. The SMILES string of the molecule is CNc1ncc(-c2nc3ccc(N4C5CCC4COC5)cn3n2)c2cc(NC(=O)C3CC3)ncc12. The summed E-state index contributed by atoms with van der Waals surface area (Å²) in [6.45, 7) is 1.56. The highest BCUT2D eigenvalue weighted by atomic mass is 16.5. The van der Waals surface area contributed by atoms with Crippen molar-refractivity contribution in [3.05, 3.63) is 36.8 Å². The molecule has 2 N–H and O–H groups in total. The second kappa shape index (κ2) is 7.88. The van der Waals surface area contributed by atoms with Gasteiger partial charge in [0.1, 0.15) is 11.6 Å². The molecule has 2 aliphatic heterocycles. The normalized spacial score (nSPS) is 21.6. The first kappa shape index (κ1) is 20.6. The lowest BCUT2D eigenvalue weighted by molar-refractivity contribution is -0.117. The number of pyridine rings is 3. The minimum atomic E-state index is 0.0248. The number of carbonyl (C=O) groups is 1. The number of fused-ring (bicyclic) bond motifs is 4. The van der Waals surface area contributed by atoms with Crippen LogP contribution in [0.15, 0.2) is 36.8 Å². The Hall–Kier alpha value is -3.79. The molecule has 4 aromatic rings. The smallest absolute Gasteiger partial charge is 0.228 e. The van der Waals surface area contributed by atoms with Crippen LogP contribution in [-0.2, 0) is 9.53 Å². The third kappa shape index (κ3) is 3.47. The predicted molar refractivity (Wildman–Crippen MR) is 133 cm³/mol. The number of anilines is 3. The zero-order chi connectivity index (χ0) is 23.5. The van der Waals surface area contributed by atoms with Gasteiger partial charge in [-0.3, -0.25) is 4.79 Å².